The number of carbonyl (C=O) groups excluding carboxylic acids is 1. The molecule has 4 heteroatoms. The van der Waals surface area contributed by atoms with Crippen molar-refractivity contribution in [3.63, 3.8) is 0 Å². The number of ether oxygens (including phenoxy) is 1. The molecule has 1 fully saturated rings. The van der Waals surface area contributed by atoms with Gasteiger partial charge < -0.3 is 10.1 Å². The summed E-state index contributed by atoms with van der Waals surface area (Å²) in [7, 11) is 0. The minimum absolute atomic E-state index is 0.0924. The lowest BCUT2D eigenvalue weighted by molar-refractivity contribution is -0.156. The smallest absolute Gasteiger partial charge is 0.234 e. The van der Waals surface area contributed by atoms with E-state index < -0.39 is 11.2 Å². The van der Waals surface area contributed by atoms with Crippen molar-refractivity contribution in [2.75, 3.05) is 13.2 Å². The first-order valence-electron chi connectivity index (χ1n) is 6.10. The zero-order valence-corrected chi connectivity index (χ0v) is 11.0. The third-order valence-electron chi connectivity index (χ3n) is 2.74. The van der Waals surface area contributed by atoms with Crippen LogP contribution in [-0.4, -0.2) is 19.1 Å². The van der Waals surface area contributed by atoms with Crippen LogP contribution in [0.2, 0.25) is 0 Å². The Balaban J connectivity index is 2.66. The topological polar surface area (TPSA) is 38.3 Å². The van der Waals surface area contributed by atoms with Crippen LogP contribution in [0.25, 0.3) is 0 Å². The van der Waals surface area contributed by atoms with Crippen molar-refractivity contribution in [3.05, 3.63) is 36.3 Å². The Kier molecular flexibility index (Phi) is 5.28. The van der Waals surface area contributed by atoms with Crippen molar-refractivity contribution in [2.24, 2.45) is 5.41 Å². The van der Waals surface area contributed by atoms with Gasteiger partial charge in [0.25, 0.3) is 0 Å². The lowest BCUT2D eigenvalue weighted by Gasteiger charge is -2.36. The van der Waals surface area contributed by atoms with Gasteiger partial charge in [0.1, 0.15) is 5.83 Å². The molecule has 1 saturated heterocycles. The predicted molar refractivity (Wildman–Crippen MR) is 69.4 cm³/mol. The van der Waals surface area contributed by atoms with Crippen LogP contribution in [0.3, 0.4) is 0 Å². The van der Waals surface area contributed by atoms with Gasteiger partial charge in [-0.1, -0.05) is 26.0 Å². The molecule has 0 saturated carbocycles. The van der Waals surface area contributed by atoms with Crippen LogP contribution in [-0.2, 0) is 9.53 Å². The van der Waals surface area contributed by atoms with Crippen molar-refractivity contribution in [1.29, 1.82) is 0 Å². The first kappa shape index (κ1) is 14.6. The highest BCUT2D eigenvalue weighted by molar-refractivity contribution is 5.85. The van der Waals surface area contributed by atoms with Crippen LogP contribution in [0.4, 0.5) is 4.39 Å². The summed E-state index contributed by atoms with van der Waals surface area (Å²) < 4.78 is 17.6. The van der Waals surface area contributed by atoms with Crippen molar-refractivity contribution in [1.82, 2.24) is 5.32 Å². The van der Waals surface area contributed by atoms with E-state index in [0.29, 0.717) is 18.9 Å². The lowest BCUT2D eigenvalue weighted by Crippen LogP contribution is -2.51. The molecule has 0 radical (unpaired) electrons. The molecule has 18 heavy (non-hydrogen) atoms. The molecule has 0 atom stereocenters. The second-order valence-corrected chi connectivity index (χ2v) is 4.74. The second kappa shape index (κ2) is 6.50. The summed E-state index contributed by atoms with van der Waals surface area (Å²) in [6, 6.07) is 0. The SMILES string of the molecule is C=C(F)/C=C\C(=C/CCC)NC(=O)C1(C)COC1. The van der Waals surface area contributed by atoms with Gasteiger partial charge in [-0.25, -0.2) is 4.39 Å². The standard InChI is InChI=1S/C14H20FNO2/c1-4-5-6-12(8-7-11(2)15)16-13(17)14(3)9-18-10-14/h6-8H,2,4-5,9-10H2,1,3H3,(H,16,17)/b8-7-,12-6+. The number of halogens is 1. The van der Waals surface area contributed by atoms with Crippen molar-refractivity contribution in [3.8, 4) is 0 Å². The fraction of sp³-hybridized carbons (Fsp3) is 0.500. The minimum Gasteiger partial charge on any atom is -0.379 e. The number of carbonyl (C=O) groups is 1. The summed E-state index contributed by atoms with van der Waals surface area (Å²) in [4.78, 5) is 12.0. The quantitative estimate of drug-likeness (QED) is 0.739. The van der Waals surface area contributed by atoms with Gasteiger partial charge >= 0.3 is 0 Å². The van der Waals surface area contributed by atoms with Crippen molar-refractivity contribution >= 4 is 5.91 Å². The monoisotopic (exact) mass is 253 g/mol. The Bertz CT molecular complexity index is 381. The van der Waals surface area contributed by atoms with Crippen LogP contribution in [0.15, 0.2) is 36.3 Å². The maximum atomic E-state index is 12.6. The Morgan fingerprint density at radius 3 is 2.61 bits per heavy atom. The first-order valence-corrected chi connectivity index (χ1v) is 6.10. The van der Waals surface area contributed by atoms with Gasteiger partial charge in [-0.05, 0) is 25.5 Å². The summed E-state index contributed by atoms with van der Waals surface area (Å²) in [5.74, 6) is -0.630. The highest BCUT2D eigenvalue weighted by Crippen LogP contribution is 2.26. The highest BCUT2D eigenvalue weighted by atomic mass is 19.1. The summed E-state index contributed by atoms with van der Waals surface area (Å²) >= 11 is 0. The summed E-state index contributed by atoms with van der Waals surface area (Å²) in [5.41, 5.74) is 0.139. The van der Waals surface area contributed by atoms with E-state index in [1.807, 2.05) is 19.9 Å². The average Bonchev–Trinajstić information content (AvgIpc) is 2.29. The molecule has 1 rings (SSSR count). The van der Waals surface area contributed by atoms with Crippen LogP contribution < -0.4 is 5.32 Å². The van der Waals surface area contributed by atoms with Crippen LogP contribution in [0.5, 0.6) is 0 Å². The normalized spacial score (nSPS) is 18.5. The molecule has 3 nitrogen and oxygen atoms in total. The molecule has 0 aliphatic carbocycles. The van der Waals surface area contributed by atoms with E-state index in [1.54, 1.807) is 0 Å². The summed E-state index contributed by atoms with van der Waals surface area (Å²) in [6.07, 6.45) is 6.43. The van der Waals surface area contributed by atoms with Crippen molar-refractivity contribution in [2.45, 2.75) is 26.7 Å². The Labute approximate surface area is 107 Å². The molecule has 1 N–H and O–H groups in total. The average molecular weight is 253 g/mol. The molecule has 1 amide bonds. The van der Waals surface area contributed by atoms with E-state index in [2.05, 4.69) is 11.9 Å². The molecule has 1 aliphatic heterocycles. The Morgan fingerprint density at radius 2 is 2.17 bits per heavy atom. The fourth-order valence-electron chi connectivity index (χ4n) is 1.46. The zero-order valence-electron chi connectivity index (χ0n) is 11.0. The van der Waals surface area contributed by atoms with E-state index in [-0.39, 0.29) is 5.91 Å². The lowest BCUT2D eigenvalue weighted by atomic mass is 9.87. The molecule has 1 heterocycles. The molecule has 0 unspecified atom stereocenters. The Hall–Kier alpha value is -1.42. The third-order valence-corrected chi connectivity index (χ3v) is 2.74. The number of amides is 1. The van der Waals surface area contributed by atoms with Gasteiger partial charge in [0, 0.05) is 5.70 Å². The van der Waals surface area contributed by atoms with Gasteiger partial charge in [0.2, 0.25) is 5.91 Å². The van der Waals surface area contributed by atoms with Gasteiger partial charge in [0.15, 0.2) is 0 Å². The van der Waals surface area contributed by atoms with Crippen molar-refractivity contribution < 1.29 is 13.9 Å². The predicted octanol–water partition coefficient (Wildman–Crippen LogP) is 2.86. The number of allylic oxidation sites excluding steroid dienone is 4. The molecule has 1 aliphatic rings. The molecule has 100 valence electrons. The van der Waals surface area contributed by atoms with Crippen LogP contribution in [0, 0.1) is 5.41 Å². The highest BCUT2D eigenvalue weighted by Gasteiger charge is 2.41. The van der Waals surface area contributed by atoms with E-state index in [9.17, 15) is 9.18 Å². The largest absolute Gasteiger partial charge is 0.379 e. The first-order chi connectivity index (χ1) is 8.48. The van der Waals surface area contributed by atoms with Crippen LogP contribution in [0.1, 0.15) is 26.7 Å². The maximum absolute atomic E-state index is 12.6. The molecule has 0 spiro atoms. The number of nitrogens with one attached hydrogen (secondary N) is 1. The second-order valence-electron chi connectivity index (χ2n) is 4.74. The fourth-order valence-corrected chi connectivity index (χ4v) is 1.46. The molecular weight excluding hydrogens is 233 g/mol. The van der Waals surface area contributed by atoms with E-state index >= 15 is 0 Å². The van der Waals surface area contributed by atoms with E-state index in [4.69, 9.17) is 4.74 Å². The molecule has 0 aromatic heterocycles. The van der Waals surface area contributed by atoms with Gasteiger partial charge in [-0.3, -0.25) is 4.79 Å². The van der Waals surface area contributed by atoms with E-state index in [1.165, 1.54) is 12.2 Å². The molecule has 0 bridgehead atoms. The third kappa shape index (κ3) is 4.11. The van der Waals surface area contributed by atoms with Crippen LogP contribution >= 0.6 is 0 Å². The number of hydrogen-bond acceptors (Lipinski definition) is 2. The molecule has 0 aromatic rings. The van der Waals surface area contributed by atoms with Gasteiger partial charge in [0.05, 0.1) is 18.6 Å². The number of rotatable bonds is 6. The number of unbranched alkanes of at least 4 members (excludes halogenated alkanes) is 1. The van der Waals surface area contributed by atoms with Gasteiger partial charge in [-0.15, -0.1) is 0 Å². The molecular formula is C14H20FNO2. The molecule has 0 aromatic carbocycles. The van der Waals surface area contributed by atoms with Gasteiger partial charge in [-0.2, -0.15) is 0 Å². The zero-order chi connectivity index (χ0) is 13.6. The Morgan fingerprint density at radius 1 is 1.50 bits per heavy atom. The summed E-state index contributed by atoms with van der Waals surface area (Å²) in [5, 5.41) is 2.80. The summed E-state index contributed by atoms with van der Waals surface area (Å²) in [6.45, 7) is 7.89. The maximum Gasteiger partial charge on any atom is 0.234 e. The van der Waals surface area contributed by atoms with E-state index in [0.717, 1.165) is 12.8 Å². The number of hydrogen-bond donors (Lipinski definition) is 1. The minimum atomic E-state index is -0.537.